The first-order valence-corrected chi connectivity index (χ1v) is 6.25. The van der Waals surface area contributed by atoms with Crippen LogP contribution in [0, 0.1) is 0 Å². The maximum Gasteiger partial charge on any atom is 0.0471 e. The Balaban J connectivity index is 2.20. The molecule has 0 amide bonds. The standard InChI is InChI=1S/C12H15BrO/c13-9-11-3-1-2-4-12(11)10-5-7-14-8-6-10/h1-4,10H,5-9H2. The highest BCUT2D eigenvalue weighted by Crippen LogP contribution is 2.30. The van der Waals surface area contributed by atoms with Crippen LogP contribution in [0.3, 0.4) is 0 Å². The van der Waals surface area contributed by atoms with Gasteiger partial charge in [0.15, 0.2) is 0 Å². The minimum Gasteiger partial charge on any atom is -0.381 e. The second-order valence-electron chi connectivity index (χ2n) is 3.72. The molecule has 0 spiro atoms. The van der Waals surface area contributed by atoms with Crippen molar-refractivity contribution in [2.45, 2.75) is 24.1 Å². The van der Waals surface area contributed by atoms with Crippen LogP contribution >= 0.6 is 15.9 Å². The SMILES string of the molecule is BrCc1ccccc1C1CCOCC1. The number of halogens is 1. The maximum absolute atomic E-state index is 5.38. The second-order valence-corrected chi connectivity index (χ2v) is 4.28. The van der Waals surface area contributed by atoms with Gasteiger partial charge in [0, 0.05) is 18.5 Å². The van der Waals surface area contributed by atoms with Crippen LogP contribution < -0.4 is 0 Å². The fourth-order valence-corrected chi connectivity index (χ4v) is 2.57. The van der Waals surface area contributed by atoms with Gasteiger partial charge in [-0.1, -0.05) is 40.2 Å². The van der Waals surface area contributed by atoms with Crippen molar-refractivity contribution in [1.82, 2.24) is 0 Å². The molecule has 0 N–H and O–H groups in total. The van der Waals surface area contributed by atoms with Gasteiger partial charge in [-0.25, -0.2) is 0 Å². The summed E-state index contributed by atoms with van der Waals surface area (Å²) in [6.45, 7) is 1.84. The van der Waals surface area contributed by atoms with E-state index < -0.39 is 0 Å². The monoisotopic (exact) mass is 254 g/mol. The van der Waals surface area contributed by atoms with Crippen LogP contribution in [0.5, 0.6) is 0 Å². The molecule has 0 aliphatic carbocycles. The van der Waals surface area contributed by atoms with E-state index in [2.05, 4.69) is 40.2 Å². The van der Waals surface area contributed by atoms with Crippen LogP contribution in [0.15, 0.2) is 24.3 Å². The van der Waals surface area contributed by atoms with Crippen molar-refractivity contribution in [3.63, 3.8) is 0 Å². The quantitative estimate of drug-likeness (QED) is 0.735. The van der Waals surface area contributed by atoms with Crippen LogP contribution in [-0.2, 0) is 10.1 Å². The second kappa shape index (κ2) is 4.94. The number of benzene rings is 1. The van der Waals surface area contributed by atoms with Gasteiger partial charge in [0.25, 0.3) is 0 Å². The fourth-order valence-electron chi connectivity index (χ4n) is 2.06. The van der Waals surface area contributed by atoms with Crippen molar-refractivity contribution >= 4 is 15.9 Å². The summed E-state index contributed by atoms with van der Waals surface area (Å²) >= 11 is 3.54. The van der Waals surface area contributed by atoms with E-state index >= 15 is 0 Å². The summed E-state index contributed by atoms with van der Waals surface area (Å²) in [5.41, 5.74) is 2.94. The number of hydrogen-bond donors (Lipinski definition) is 0. The smallest absolute Gasteiger partial charge is 0.0471 e. The van der Waals surface area contributed by atoms with Crippen LogP contribution in [0.2, 0.25) is 0 Å². The molecule has 14 heavy (non-hydrogen) atoms. The zero-order chi connectivity index (χ0) is 9.80. The highest BCUT2D eigenvalue weighted by Gasteiger charge is 2.17. The van der Waals surface area contributed by atoms with Crippen LogP contribution in [-0.4, -0.2) is 13.2 Å². The summed E-state index contributed by atoms with van der Waals surface area (Å²) in [5.74, 6) is 0.706. The molecular weight excluding hydrogens is 240 g/mol. The Hall–Kier alpha value is -0.340. The van der Waals surface area contributed by atoms with Gasteiger partial charge in [0.2, 0.25) is 0 Å². The van der Waals surface area contributed by atoms with Crippen molar-refractivity contribution < 1.29 is 4.74 Å². The van der Waals surface area contributed by atoms with E-state index in [0.717, 1.165) is 18.5 Å². The fraction of sp³-hybridized carbons (Fsp3) is 0.500. The van der Waals surface area contributed by atoms with Crippen molar-refractivity contribution in [1.29, 1.82) is 0 Å². The Morgan fingerprint density at radius 2 is 1.93 bits per heavy atom. The molecule has 1 aliphatic heterocycles. The molecule has 0 radical (unpaired) electrons. The molecule has 76 valence electrons. The molecule has 1 aliphatic rings. The molecular formula is C12H15BrO. The van der Waals surface area contributed by atoms with E-state index in [1.807, 2.05) is 0 Å². The average Bonchev–Trinajstić information content (AvgIpc) is 2.30. The molecule has 1 nitrogen and oxygen atoms in total. The van der Waals surface area contributed by atoms with Crippen molar-refractivity contribution in [3.8, 4) is 0 Å². The Kier molecular flexibility index (Phi) is 3.60. The molecule has 2 heteroatoms. The van der Waals surface area contributed by atoms with Gasteiger partial charge in [-0.3, -0.25) is 0 Å². The van der Waals surface area contributed by atoms with E-state index in [0.29, 0.717) is 5.92 Å². The van der Waals surface area contributed by atoms with Crippen LogP contribution in [0.1, 0.15) is 29.9 Å². The first-order chi connectivity index (χ1) is 6.92. The lowest BCUT2D eigenvalue weighted by molar-refractivity contribution is 0.0852. The zero-order valence-corrected chi connectivity index (χ0v) is 9.79. The lowest BCUT2D eigenvalue weighted by atomic mass is 9.89. The molecule has 2 rings (SSSR count). The molecule has 1 aromatic carbocycles. The maximum atomic E-state index is 5.38. The minimum atomic E-state index is 0.706. The Labute approximate surface area is 93.6 Å². The third-order valence-electron chi connectivity index (χ3n) is 2.86. The minimum absolute atomic E-state index is 0.706. The van der Waals surface area contributed by atoms with E-state index in [1.165, 1.54) is 24.0 Å². The summed E-state index contributed by atoms with van der Waals surface area (Å²) in [4.78, 5) is 0. The number of hydrogen-bond acceptors (Lipinski definition) is 1. The first kappa shape index (κ1) is 10.2. The first-order valence-electron chi connectivity index (χ1n) is 5.13. The normalized spacial score (nSPS) is 18.4. The van der Waals surface area contributed by atoms with E-state index in [4.69, 9.17) is 4.74 Å². The van der Waals surface area contributed by atoms with Gasteiger partial charge >= 0.3 is 0 Å². The molecule has 1 aromatic rings. The lowest BCUT2D eigenvalue weighted by Crippen LogP contribution is -2.15. The predicted molar refractivity (Wildman–Crippen MR) is 61.9 cm³/mol. The molecule has 1 saturated heterocycles. The van der Waals surface area contributed by atoms with Crippen molar-refractivity contribution in [3.05, 3.63) is 35.4 Å². The van der Waals surface area contributed by atoms with Gasteiger partial charge in [0.1, 0.15) is 0 Å². The van der Waals surface area contributed by atoms with E-state index in [9.17, 15) is 0 Å². The molecule has 1 fully saturated rings. The average molecular weight is 255 g/mol. The van der Waals surface area contributed by atoms with Crippen molar-refractivity contribution in [2.75, 3.05) is 13.2 Å². The van der Waals surface area contributed by atoms with Gasteiger partial charge < -0.3 is 4.74 Å². The Bertz CT molecular complexity index is 292. The van der Waals surface area contributed by atoms with Gasteiger partial charge in [0.05, 0.1) is 0 Å². The Morgan fingerprint density at radius 1 is 1.21 bits per heavy atom. The van der Waals surface area contributed by atoms with Crippen molar-refractivity contribution in [2.24, 2.45) is 0 Å². The topological polar surface area (TPSA) is 9.23 Å². The van der Waals surface area contributed by atoms with Gasteiger partial charge in [-0.05, 0) is 29.9 Å². The summed E-state index contributed by atoms with van der Waals surface area (Å²) < 4.78 is 5.38. The molecule has 0 atom stereocenters. The predicted octanol–water partition coefficient (Wildman–Crippen LogP) is 3.48. The van der Waals surface area contributed by atoms with E-state index in [-0.39, 0.29) is 0 Å². The van der Waals surface area contributed by atoms with E-state index in [1.54, 1.807) is 0 Å². The number of ether oxygens (including phenoxy) is 1. The third-order valence-corrected chi connectivity index (χ3v) is 3.46. The number of alkyl halides is 1. The summed E-state index contributed by atoms with van der Waals surface area (Å²) in [5, 5.41) is 0.959. The zero-order valence-electron chi connectivity index (χ0n) is 8.21. The molecule has 0 unspecified atom stereocenters. The summed E-state index contributed by atoms with van der Waals surface area (Å²) in [7, 11) is 0. The highest BCUT2D eigenvalue weighted by atomic mass is 79.9. The molecule has 0 saturated carbocycles. The third kappa shape index (κ3) is 2.18. The summed E-state index contributed by atoms with van der Waals surface area (Å²) in [6, 6.07) is 8.71. The van der Waals surface area contributed by atoms with Crippen LogP contribution in [0.4, 0.5) is 0 Å². The van der Waals surface area contributed by atoms with Gasteiger partial charge in [-0.15, -0.1) is 0 Å². The Morgan fingerprint density at radius 3 is 2.64 bits per heavy atom. The van der Waals surface area contributed by atoms with Gasteiger partial charge in [-0.2, -0.15) is 0 Å². The summed E-state index contributed by atoms with van der Waals surface area (Å²) in [6.07, 6.45) is 2.34. The van der Waals surface area contributed by atoms with Crippen LogP contribution in [0.25, 0.3) is 0 Å². The number of rotatable bonds is 2. The highest BCUT2D eigenvalue weighted by molar-refractivity contribution is 9.08. The largest absolute Gasteiger partial charge is 0.381 e. The molecule has 1 heterocycles. The molecule has 0 bridgehead atoms. The lowest BCUT2D eigenvalue weighted by Gasteiger charge is -2.24. The molecule has 0 aromatic heterocycles.